The van der Waals surface area contributed by atoms with Gasteiger partial charge in [0.25, 0.3) is 0 Å². The number of rotatable bonds is 29. The Morgan fingerprint density at radius 2 is 0.579 bits per heavy atom. The van der Waals surface area contributed by atoms with Gasteiger partial charge in [-0.05, 0) is 25.7 Å². The van der Waals surface area contributed by atoms with Crippen molar-refractivity contribution in [1.82, 2.24) is 0 Å². The van der Waals surface area contributed by atoms with E-state index in [-0.39, 0.29) is 0 Å². The highest BCUT2D eigenvalue weighted by Crippen LogP contribution is 2.15. The van der Waals surface area contributed by atoms with E-state index in [0.29, 0.717) is 13.1 Å². The molecule has 0 aromatic carbocycles. The molecule has 4 heteroatoms. The minimum atomic E-state index is -0.646. The zero-order valence-electron chi connectivity index (χ0n) is 27.3. The molecule has 0 aliphatic heterocycles. The Morgan fingerprint density at radius 1 is 0.368 bits per heavy atom. The summed E-state index contributed by atoms with van der Waals surface area (Å²) in [7, 11) is 8.82. The molecule has 0 aliphatic rings. The zero-order valence-corrected chi connectivity index (χ0v) is 27.3. The lowest BCUT2D eigenvalue weighted by atomic mass is 10.1. The second-order valence-electron chi connectivity index (χ2n) is 13.9. The molecule has 4 nitrogen and oxygen atoms in total. The molecule has 0 rings (SSSR count). The first-order valence-corrected chi connectivity index (χ1v) is 17.1. The molecule has 2 N–H and O–H groups in total. The summed E-state index contributed by atoms with van der Waals surface area (Å²) in [6.45, 7) is 8.00. The summed E-state index contributed by atoms with van der Waals surface area (Å²) in [4.78, 5) is 0. The molecule has 0 saturated heterocycles. The lowest BCUT2D eigenvalue weighted by molar-refractivity contribution is -0.902. The van der Waals surface area contributed by atoms with Gasteiger partial charge in [0.1, 0.15) is 25.3 Å². The smallest absolute Gasteiger partial charge is 0.134 e. The van der Waals surface area contributed by atoms with E-state index in [1.165, 1.54) is 141 Å². The van der Waals surface area contributed by atoms with E-state index in [1.54, 1.807) is 0 Å². The standard InChI is InChI=1S/C34H74N2O2/c1-7-9-11-13-15-17-19-21-23-25-27-29-35(3,4)31-33(37)34(38)32-36(5,6)30-28-26-24-22-20-18-16-14-12-10-8-2/h33-34,37-38H,7-32H2,1-6H3/q+2. The first-order valence-electron chi connectivity index (χ1n) is 17.1. The number of hydrogen-bond donors (Lipinski definition) is 2. The fourth-order valence-corrected chi connectivity index (χ4v) is 5.85. The molecule has 2 unspecified atom stereocenters. The molecule has 2 atom stereocenters. The molecular formula is C34H74N2O2+2. The number of unbranched alkanes of at least 4 members (excludes halogenated alkanes) is 20. The number of quaternary nitrogens is 2. The fraction of sp³-hybridized carbons (Fsp3) is 1.00. The highest BCUT2D eigenvalue weighted by atomic mass is 16.3. The minimum Gasteiger partial charge on any atom is -0.384 e. The van der Waals surface area contributed by atoms with Gasteiger partial charge in [0.2, 0.25) is 0 Å². The summed E-state index contributed by atoms with van der Waals surface area (Å²) in [5.74, 6) is 0. The first-order chi connectivity index (χ1) is 18.1. The molecule has 0 aromatic heterocycles. The van der Waals surface area contributed by atoms with Crippen LogP contribution in [0, 0.1) is 0 Å². The van der Waals surface area contributed by atoms with Crippen LogP contribution in [0.25, 0.3) is 0 Å². The highest BCUT2D eigenvalue weighted by molar-refractivity contribution is 4.67. The van der Waals surface area contributed by atoms with Crippen LogP contribution in [0.15, 0.2) is 0 Å². The predicted molar refractivity (Wildman–Crippen MR) is 169 cm³/mol. The molecule has 0 heterocycles. The molecule has 0 radical (unpaired) electrons. The van der Waals surface area contributed by atoms with Gasteiger partial charge in [-0.15, -0.1) is 0 Å². The fourth-order valence-electron chi connectivity index (χ4n) is 5.85. The van der Waals surface area contributed by atoms with Crippen molar-refractivity contribution in [1.29, 1.82) is 0 Å². The summed E-state index contributed by atoms with van der Waals surface area (Å²) in [5.41, 5.74) is 0. The summed E-state index contributed by atoms with van der Waals surface area (Å²) >= 11 is 0. The lowest BCUT2D eigenvalue weighted by Gasteiger charge is -2.36. The summed E-state index contributed by atoms with van der Waals surface area (Å²) in [5, 5.41) is 21.6. The Labute approximate surface area is 240 Å². The van der Waals surface area contributed by atoms with Crippen LogP contribution in [-0.2, 0) is 0 Å². The van der Waals surface area contributed by atoms with Crippen LogP contribution in [-0.4, -0.2) is 85.8 Å². The van der Waals surface area contributed by atoms with Gasteiger partial charge >= 0.3 is 0 Å². The van der Waals surface area contributed by atoms with E-state index in [0.717, 1.165) is 22.1 Å². The average molecular weight is 543 g/mol. The molecule has 230 valence electrons. The van der Waals surface area contributed by atoms with E-state index >= 15 is 0 Å². The SMILES string of the molecule is CCCCCCCCCCCCC[N+](C)(C)CC(O)C(O)C[N+](C)(C)CCCCCCCCCCCCC. The molecule has 0 spiro atoms. The van der Waals surface area contributed by atoms with E-state index in [9.17, 15) is 10.2 Å². The number of nitrogens with zero attached hydrogens (tertiary/aromatic N) is 2. The molecule has 38 heavy (non-hydrogen) atoms. The molecule has 0 aromatic rings. The maximum atomic E-state index is 10.8. The topological polar surface area (TPSA) is 40.5 Å². The van der Waals surface area contributed by atoms with Gasteiger partial charge in [0.15, 0.2) is 0 Å². The Morgan fingerprint density at radius 3 is 0.816 bits per heavy atom. The molecule has 0 saturated carbocycles. The lowest BCUT2D eigenvalue weighted by Crippen LogP contribution is -2.54. The van der Waals surface area contributed by atoms with E-state index in [4.69, 9.17) is 0 Å². The van der Waals surface area contributed by atoms with Crippen LogP contribution in [0.1, 0.15) is 155 Å². The maximum Gasteiger partial charge on any atom is 0.134 e. The third-order valence-electron chi connectivity index (χ3n) is 8.54. The van der Waals surface area contributed by atoms with Crippen LogP contribution in [0.5, 0.6) is 0 Å². The van der Waals surface area contributed by atoms with Gasteiger partial charge in [-0.1, -0.05) is 129 Å². The normalized spacial score (nSPS) is 14.2. The first kappa shape index (κ1) is 37.8. The van der Waals surface area contributed by atoms with Crippen molar-refractivity contribution in [2.45, 2.75) is 167 Å². The third kappa shape index (κ3) is 24.9. The van der Waals surface area contributed by atoms with Crippen molar-refractivity contribution >= 4 is 0 Å². The van der Waals surface area contributed by atoms with Gasteiger partial charge in [0, 0.05) is 0 Å². The molecule has 0 fully saturated rings. The molecular weight excluding hydrogens is 468 g/mol. The maximum absolute atomic E-state index is 10.8. The Hall–Kier alpha value is -0.160. The van der Waals surface area contributed by atoms with Gasteiger partial charge in [-0.25, -0.2) is 0 Å². The van der Waals surface area contributed by atoms with Crippen molar-refractivity contribution in [3.63, 3.8) is 0 Å². The summed E-state index contributed by atoms with van der Waals surface area (Å²) < 4.78 is 1.59. The zero-order chi connectivity index (χ0) is 28.5. The Kier molecular flexibility index (Phi) is 24.5. The predicted octanol–water partition coefficient (Wildman–Crippen LogP) is 8.48. The van der Waals surface area contributed by atoms with Crippen LogP contribution >= 0.6 is 0 Å². The molecule has 0 aliphatic carbocycles. The quantitative estimate of drug-likeness (QED) is 0.0735. The molecule has 0 amide bonds. The monoisotopic (exact) mass is 543 g/mol. The summed E-state index contributed by atoms with van der Waals surface area (Å²) in [6, 6.07) is 0. The number of aliphatic hydroxyl groups is 2. The largest absolute Gasteiger partial charge is 0.384 e. The number of likely N-dealkylation sites (N-methyl/N-ethyl adjacent to an activating group) is 2. The Bertz CT molecular complexity index is 451. The van der Waals surface area contributed by atoms with Gasteiger partial charge < -0.3 is 19.2 Å². The van der Waals surface area contributed by atoms with Crippen molar-refractivity contribution in [2.75, 3.05) is 54.4 Å². The van der Waals surface area contributed by atoms with Gasteiger partial charge in [-0.2, -0.15) is 0 Å². The van der Waals surface area contributed by atoms with Crippen LogP contribution in [0.2, 0.25) is 0 Å². The second kappa shape index (κ2) is 24.6. The van der Waals surface area contributed by atoms with Crippen molar-refractivity contribution in [3.05, 3.63) is 0 Å². The van der Waals surface area contributed by atoms with Crippen molar-refractivity contribution in [2.24, 2.45) is 0 Å². The van der Waals surface area contributed by atoms with Crippen molar-refractivity contribution in [3.8, 4) is 0 Å². The number of aliphatic hydroxyl groups excluding tert-OH is 2. The van der Waals surface area contributed by atoms with Crippen LogP contribution in [0.4, 0.5) is 0 Å². The number of hydrogen-bond acceptors (Lipinski definition) is 2. The van der Waals surface area contributed by atoms with Gasteiger partial charge in [-0.3, -0.25) is 0 Å². The third-order valence-corrected chi connectivity index (χ3v) is 8.54. The Balaban J connectivity index is 3.87. The minimum absolute atomic E-state index is 0.636. The summed E-state index contributed by atoms with van der Waals surface area (Å²) in [6.07, 6.45) is 28.7. The second-order valence-corrected chi connectivity index (χ2v) is 13.9. The van der Waals surface area contributed by atoms with Crippen LogP contribution < -0.4 is 0 Å². The van der Waals surface area contributed by atoms with E-state index < -0.39 is 12.2 Å². The van der Waals surface area contributed by atoms with Gasteiger partial charge in [0.05, 0.1) is 41.3 Å². The molecule has 0 bridgehead atoms. The highest BCUT2D eigenvalue weighted by Gasteiger charge is 2.30. The van der Waals surface area contributed by atoms with Crippen LogP contribution in [0.3, 0.4) is 0 Å². The van der Waals surface area contributed by atoms with E-state index in [2.05, 4.69) is 42.0 Å². The van der Waals surface area contributed by atoms with Crippen molar-refractivity contribution < 1.29 is 19.2 Å². The average Bonchev–Trinajstić information content (AvgIpc) is 2.85. The van der Waals surface area contributed by atoms with E-state index in [1.807, 2.05) is 0 Å².